The maximum Gasteiger partial charge on any atom is 0.122 e. The molecule has 2 N–H and O–H groups in total. The molecule has 1 aromatic carbocycles. The molecule has 0 radical (unpaired) electrons. The van der Waals surface area contributed by atoms with Crippen molar-refractivity contribution >= 4 is 0 Å². The van der Waals surface area contributed by atoms with E-state index in [2.05, 4.69) is 19.1 Å². The highest BCUT2D eigenvalue weighted by molar-refractivity contribution is 5.33. The molecule has 0 aromatic heterocycles. The number of rotatable bonds is 7. The summed E-state index contributed by atoms with van der Waals surface area (Å²) in [5, 5.41) is 8.45. The first-order valence-corrected chi connectivity index (χ1v) is 6.11. The second kappa shape index (κ2) is 7.70. The molecule has 1 atom stereocenters. The number of benzene rings is 1. The molecule has 3 heteroatoms. The summed E-state index contributed by atoms with van der Waals surface area (Å²) in [7, 11) is 0. The van der Waals surface area contributed by atoms with Crippen molar-refractivity contribution in [3.63, 3.8) is 0 Å². The number of nitrogens with two attached hydrogens (primary N) is 1. The highest BCUT2D eigenvalue weighted by Gasteiger charge is 2.06. The van der Waals surface area contributed by atoms with Crippen molar-refractivity contribution < 1.29 is 4.74 Å². The summed E-state index contributed by atoms with van der Waals surface area (Å²) in [4.78, 5) is 0. The van der Waals surface area contributed by atoms with Crippen LogP contribution in [0.15, 0.2) is 24.3 Å². The van der Waals surface area contributed by atoms with E-state index in [1.165, 1.54) is 0 Å². The Bertz CT molecular complexity index is 371. The van der Waals surface area contributed by atoms with Gasteiger partial charge in [0.15, 0.2) is 0 Å². The molecular formula is C14H20N2O. The molecule has 1 aromatic rings. The predicted molar refractivity (Wildman–Crippen MR) is 68.8 cm³/mol. The van der Waals surface area contributed by atoms with Crippen LogP contribution in [0.25, 0.3) is 0 Å². The lowest BCUT2D eigenvalue weighted by Crippen LogP contribution is -2.21. The van der Waals surface area contributed by atoms with Crippen molar-refractivity contribution in [1.82, 2.24) is 0 Å². The van der Waals surface area contributed by atoms with Gasteiger partial charge in [-0.05, 0) is 30.9 Å². The van der Waals surface area contributed by atoms with Gasteiger partial charge in [0, 0.05) is 12.5 Å². The maximum atomic E-state index is 8.45. The van der Waals surface area contributed by atoms with Crippen LogP contribution in [-0.2, 0) is 6.42 Å². The molecule has 0 aliphatic heterocycles. The molecule has 3 nitrogen and oxygen atoms in total. The Hall–Kier alpha value is -1.53. The third-order valence-electron chi connectivity index (χ3n) is 2.67. The zero-order valence-corrected chi connectivity index (χ0v) is 10.4. The molecule has 0 aliphatic carbocycles. The standard InChI is InChI=1S/C14H20N2O/c1-2-13(16)11-12-7-3-4-8-14(12)17-10-6-5-9-15/h3-4,7-8,13H,2,5-6,10-11,16H2,1H3. The fourth-order valence-electron chi connectivity index (χ4n) is 1.57. The number of para-hydroxylation sites is 1. The highest BCUT2D eigenvalue weighted by Crippen LogP contribution is 2.20. The lowest BCUT2D eigenvalue weighted by Gasteiger charge is -2.13. The van der Waals surface area contributed by atoms with Gasteiger partial charge in [0.05, 0.1) is 12.7 Å². The quantitative estimate of drug-likeness (QED) is 0.735. The molecule has 1 rings (SSSR count). The Balaban J connectivity index is 2.55. The summed E-state index contributed by atoms with van der Waals surface area (Å²) >= 11 is 0. The van der Waals surface area contributed by atoms with Gasteiger partial charge >= 0.3 is 0 Å². The van der Waals surface area contributed by atoms with E-state index in [1.807, 2.05) is 18.2 Å². The summed E-state index contributed by atoms with van der Waals surface area (Å²) < 4.78 is 5.68. The van der Waals surface area contributed by atoms with E-state index in [0.29, 0.717) is 13.0 Å². The zero-order chi connectivity index (χ0) is 12.5. The minimum Gasteiger partial charge on any atom is -0.493 e. The van der Waals surface area contributed by atoms with Gasteiger partial charge in [-0.1, -0.05) is 25.1 Å². The van der Waals surface area contributed by atoms with Crippen LogP contribution in [0.5, 0.6) is 5.75 Å². The van der Waals surface area contributed by atoms with Gasteiger partial charge in [-0.15, -0.1) is 0 Å². The summed E-state index contributed by atoms with van der Waals surface area (Å²) in [6.45, 7) is 2.67. The average molecular weight is 232 g/mol. The first-order valence-electron chi connectivity index (χ1n) is 6.11. The monoisotopic (exact) mass is 232 g/mol. The van der Waals surface area contributed by atoms with Crippen molar-refractivity contribution in [3.05, 3.63) is 29.8 Å². The van der Waals surface area contributed by atoms with Crippen LogP contribution in [-0.4, -0.2) is 12.6 Å². The number of ether oxygens (including phenoxy) is 1. The molecule has 0 fully saturated rings. The van der Waals surface area contributed by atoms with Gasteiger partial charge in [0.25, 0.3) is 0 Å². The molecule has 0 spiro atoms. The molecule has 0 saturated heterocycles. The summed E-state index contributed by atoms with van der Waals surface area (Å²) in [6.07, 6.45) is 3.11. The van der Waals surface area contributed by atoms with Crippen LogP contribution < -0.4 is 10.5 Å². The second-order valence-electron chi connectivity index (χ2n) is 4.09. The third kappa shape index (κ3) is 4.88. The van der Waals surface area contributed by atoms with Crippen molar-refractivity contribution in [1.29, 1.82) is 5.26 Å². The molecule has 0 saturated carbocycles. The summed E-state index contributed by atoms with van der Waals surface area (Å²) in [5.74, 6) is 0.898. The van der Waals surface area contributed by atoms with Crippen LogP contribution in [0.4, 0.5) is 0 Å². The lowest BCUT2D eigenvalue weighted by atomic mass is 10.0. The Morgan fingerprint density at radius 3 is 2.88 bits per heavy atom. The Morgan fingerprint density at radius 1 is 1.41 bits per heavy atom. The molecule has 0 bridgehead atoms. The van der Waals surface area contributed by atoms with Crippen LogP contribution >= 0.6 is 0 Å². The molecule has 0 aliphatic rings. The van der Waals surface area contributed by atoms with E-state index in [-0.39, 0.29) is 6.04 Å². The molecule has 1 unspecified atom stereocenters. The molecule has 17 heavy (non-hydrogen) atoms. The van der Waals surface area contributed by atoms with E-state index < -0.39 is 0 Å². The lowest BCUT2D eigenvalue weighted by molar-refractivity contribution is 0.308. The van der Waals surface area contributed by atoms with Crippen molar-refractivity contribution in [2.24, 2.45) is 5.73 Å². The van der Waals surface area contributed by atoms with Gasteiger partial charge in [-0.25, -0.2) is 0 Å². The van der Waals surface area contributed by atoms with Crippen LogP contribution in [0.1, 0.15) is 31.7 Å². The van der Waals surface area contributed by atoms with Crippen molar-refractivity contribution in [2.75, 3.05) is 6.61 Å². The van der Waals surface area contributed by atoms with E-state index in [4.69, 9.17) is 15.7 Å². The van der Waals surface area contributed by atoms with E-state index >= 15 is 0 Å². The fourth-order valence-corrected chi connectivity index (χ4v) is 1.57. The van der Waals surface area contributed by atoms with Gasteiger partial charge in [0.1, 0.15) is 5.75 Å². The fraction of sp³-hybridized carbons (Fsp3) is 0.500. The highest BCUT2D eigenvalue weighted by atomic mass is 16.5. The molecular weight excluding hydrogens is 212 g/mol. The summed E-state index contributed by atoms with van der Waals surface area (Å²) in [5.41, 5.74) is 7.10. The Kier molecular flexibility index (Phi) is 6.13. The number of nitrogens with zero attached hydrogens (tertiary/aromatic N) is 1. The third-order valence-corrected chi connectivity index (χ3v) is 2.67. The first-order chi connectivity index (χ1) is 8.27. The SMILES string of the molecule is CCC(N)Cc1ccccc1OCCCC#N. The number of unbranched alkanes of at least 4 members (excludes halogenated alkanes) is 1. The molecule has 92 valence electrons. The topological polar surface area (TPSA) is 59.0 Å². The van der Waals surface area contributed by atoms with Crippen molar-refractivity contribution in [3.8, 4) is 11.8 Å². The molecule has 0 heterocycles. The van der Waals surface area contributed by atoms with Crippen LogP contribution in [0, 0.1) is 11.3 Å². The van der Waals surface area contributed by atoms with Crippen LogP contribution in [0.2, 0.25) is 0 Å². The Labute approximate surface area is 103 Å². The summed E-state index contributed by atoms with van der Waals surface area (Å²) in [6, 6.07) is 10.3. The smallest absolute Gasteiger partial charge is 0.122 e. The first kappa shape index (κ1) is 13.5. The maximum absolute atomic E-state index is 8.45. The number of nitriles is 1. The van der Waals surface area contributed by atoms with Gasteiger partial charge < -0.3 is 10.5 Å². The van der Waals surface area contributed by atoms with Crippen molar-refractivity contribution in [2.45, 2.75) is 38.6 Å². The minimum atomic E-state index is 0.179. The number of hydrogen-bond donors (Lipinski definition) is 1. The minimum absolute atomic E-state index is 0.179. The normalized spacial score (nSPS) is 11.8. The van der Waals surface area contributed by atoms with E-state index in [1.54, 1.807) is 0 Å². The second-order valence-corrected chi connectivity index (χ2v) is 4.09. The Morgan fingerprint density at radius 2 is 2.18 bits per heavy atom. The average Bonchev–Trinajstić information content (AvgIpc) is 2.36. The van der Waals surface area contributed by atoms with E-state index in [9.17, 15) is 0 Å². The zero-order valence-electron chi connectivity index (χ0n) is 10.4. The van der Waals surface area contributed by atoms with Gasteiger partial charge in [-0.2, -0.15) is 5.26 Å². The number of hydrogen-bond acceptors (Lipinski definition) is 3. The largest absolute Gasteiger partial charge is 0.493 e. The van der Waals surface area contributed by atoms with Crippen LogP contribution in [0.3, 0.4) is 0 Å². The molecule has 0 amide bonds. The van der Waals surface area contributed by atoms with Gasteiger partial charge in [-0.3, -0.25) is 0 Å². The predicted octanol–water partition coefficient (Wildman–Crippen LogP) is 2.65. The van der Waals surface area contributed by atoms with Gasteiger partial charge in [0.2, 0.25) is 0 Å². The van der Waals surface area contributed by atoms with E-state index in [0.717, 1.165) is 30.6 Å².